The molecule has 2 N–H and O–H groups in total. The molecule has 0 bridgehead atoms. The highest BCUT2D eigenvalue weighted by Gasteiger charge is 2.61. The van der Waals surface area contributed by atoms with Gasteiger partial charge in [0.15, 0.2) is 11.6 Å². The highest BCUT2D eigenvalue weighted by atomic mass is 35.5. The molecule has 2 fully saturated rings. The minimum atomic E-state index is -2.98. The van der Waals surface area contributed by atoms with E-state index in [0.29, 0.717) is 0 Å². The summed E-state index contributed by atoms with van der Waals surface area (Å²) in [4.78, 5) is 46.6. The molecular weight excluding hydrogens is 578 g/mol. The number of hydrogen-bond donors (Lipinski definition) is 2. The van der Waals surface area contributed by atoms with Crippen LogP contribution in [0.2, 0.25) is 5.02 Å². The number of carbonyl (C=O) groups is 3. The smallest absolute Gasteiger partial charge is 0.252 e. The Morgan fingerprint density at radius 3 is 2.52 bits per heavy atom. The highest BCUT2D eigenvalue weighted by Crippen LogP contribution is 2.48. The lowest BCUT2D eigenvalue weighted by Gasteiger charge is -2.43. The number of benzene rings is 2. The van der Waals surface area contributed by atoms with Gasteiger partial charge < -0.3 is 10.6 Å². The number of aromatic nitrogens is 1. The van der Waals surface area contributed by atoms with Crippen LogP contribution in [-0.4, -0.2) is 40.2 Å². The molecule has 1 unspecified atom stereocenters. The molecule has 0 radical (unpaired) electrons. The second-order valence-corrected chi connectivity index (χ2v) is 10.6. The monoisotopic (exact) mass is 599 g/mol. The van der Waals surface area contributed by atoms with Crippen molar-refractivity contribution >= 4 is 40.8 Å². The van der Waals surface area contributed by atoms with Gasteiger partial charge in [0.05, 0.1) is 11.5 Å². The highest BCUT2D eigenvalue weighted by molar-refractivity contribution is 6.32. The molecule has 1 saturated carbocycles. The molecule has 42 heavy (non-hydrogen) atoms. The Balaban J connectivity index is 1.72. The number of amides is 3. The van der Waals surface area contributed by atoms with Crippen LogP contribution in [0.25, 0.3) is 0 Å². The van der Waals surface area contributed by atoms with Crippen molar-refractivity contribution in [3.8, 4) is 6.07 Å². The van der Waals surface area contributed by atoms with Crippen LogP contribution in [0.5, 0.6) is 0 Å². The topological polar surface area (TPSA) is 115 Å². The number of carbonyl (C=O) groups excluding carboxylic acids is 3. The summed E-state index contributed by atoms with van der Waals surface area (Å²) < 4.78 is 57.0. The van der Waals surface area contributed by atoms with Crippen molar-refractivity contribution in [2.24, 2.45) is 0 Å². The summed E-state index contributed by atoms with van der Waals surface area (Å²) in [7, 11) is 0. The van der Waals surface area contributed by atoms with E-state index in [2.05, 4.69) is 15.6 Å². The maximum Gasteiger partial charge on any atom is 0.252 e. The number of nitriles is 1. The zero-order valence-corrected chi connectivity index (χ0v) is 22.5. The predicted molar refractivity (Wildman–Crippen MR) is 144 cm³/mol. The summed E-state index contributed by atoms with van der Waals surface area (Å²) in [5, 5.41) is 14.5. The van der Waals surface area contributed by atoms with Gasteiger partial charge in [0.1, 0.15) is 17.4 Å². The Kier molecular flexibility index (Phi) is 7.64. The van der Waals surface area contributed by atoms with Crippen molar-refractivity contribution in [1.29, 1.82) is 5.26 Å². The fraction of sp³-hybridized carbons (Fsp3) is 0.276. The molecule has 13 heteroatoms. The van der Waals surface area contributed by atoms with Gasteiger partial charge in [0.2, 0.25) is 11.8 Å². The Labute approximate surface area is 242 Å². The lowest BCUT2D eigenvalue weighted by molar-refractivity contribution is -0.136. The summed E-state index contributed by atoms with van der Waals surface area (Å²) in [6.07, 6.45) is -0.933. The van der Waals surface area contributed by atoms with Gasteiger partial charge in [-0.3, -0.25) is 19.3 Å². The van der Waals surface area contributed by atoms with E-state index in [1.54, 1.807) is 12.1 Å². The van der Waals surface area contributed by atoms with Gasteiger partial charge in [-0.05, 0) is 42.3 Å². The summed E-state index contributed by atoms with van der Waals surface area (Å²) in [6, 6.07) is 12.5. The molecule has 1 saturated heterocycles. The summed E-state index contributed by atoms with van der Waals surface area (Å²) in [6.45, 7) is 0. The first kappa shape index (κ1) is 29.0. The van der Waals surface area contributed by atoms with Crippen molar-refractivity contribution in [3.63, 3.8) is 0 Å². The molecule has 1 aliphatic heterocycles. The molecular formula is C29H22ClF4N5O3. The molecule has 2 aromatic carbocycles. The van der Waals surface area contributed by atoms with E-state index >= 15 is 4.39 Å². The van der Waals surface area contributed by atoms with Crippen LogP contribution in [0.1, 0.15) is 42.7 Å². The number of nitrogens with zero attached hydrogens (tertiary/aromatic N) is 3. The van der Waals surface area contributed by atoms with Crippen molar-refractivity contribution in [1.82, 2.24) is 10.3 Å². The summed E-state index contributed by atoms with van der Waals surface area (Å²) in [5.41, 5.74) is -2.75. The first-order chi connectivity index (χ1) is 20.0. The fourth-order valence-corrected chi connectivity index (χ4v) is 5.77. The molecule has 1 aliphatic carbocycles. The van der Waals surface area contributed by atoms with Gasteiger partial charge in [-0.1, -0.05) is 35.9 Å². The third-order valence-corrected chi connectivity index (χ3v) is 7.78. The van der Waals surface area contributed by atoms with Crippen LogP contribution in [-0.2, 0) is 14.4 Å². The standard InChI is InChI=1S/C29H22ClF4N5O3/c30-21-7-2-1-6-20(21)23(26(41)37-19-13-28(33,34)14-19)29(27(42)38-18-5-3-4-17(31)12-18)10-8-22(40)39(29)25-24(32)16(15-35)9-11-36-25/h1-7,9,11-12,19,23H,8,10,13-14H2,(H,37,41)(H,38,42)/t23-,29?/m1/s1. The first-order valence-corrected chi connectivity index (χ1v) is 13.2. The molecule has 2 atom stereocenters. The Morgan fingerprint density at radius 1 is 1.12 bits per heavy atom. The van der Waals surface area contributed by atoms with Crippen molar-refractivity contribution in [2.45, 2.75) is 49.1 Å². The van der Waals surface area contributed by atoms with Gasteiger partial charge in [-0.25, -0.2) is 22.5 Å². The van der Waals surface area contributed by atoms with Gasteiger partial charge in [-0.15, -0.1) is 0 Å². The van der Waals surface area contributed by atoms with Crippen LogP contribution in [0, 0.1) is 23.0 Å². The van der Waals surface area contributed by atoms with Gasteiger partial charge >= 0.3 is 0 Å². The van der Waals surface area contributed by atoms with Gasteiger partial charge in [0.25, 0.3) is 11.8 Å². The summed E-state index contributed by atoms with van der Waals surface area (Å²) in [5.74, 6) is -9.98. The molecule has 2 aliphatic rings. The van der Waals surface area contributed by atoms with E-state index < -0.39 is 77.0 Å². The lowest BCUT2D eigenvalue weighted by atomic mass is 9.74. The Morgan fingerprint density at radius 2 is 1.86 bits per heavy atom. The van der Waals surface area contributed by atoms with E-state index in [1.807, 2.05) is 0 Å². The van der Waals surface area contributed by atoms with Crippen LogP contribution in [0.15, 0.2) is 60.8 Å². The molecule has 8 nitrogen and oxygen atoms in total. The summed E-state index contributed by atoms with van der Waals surface area (Å²) >= 11 is 6.51. The molecule has 1 aromatic heterocycles. The van der Waals surface area contributed by atoms with Crippen molar-refractivity contribution in [3.05, 3.63) is 88.6 Å². The van der Waals surface area contributed by atoms with E-state index in [-0.39, 0.29) is 29.1 Å². The average Bonchev–Trinajstić information content (AvgIpc) is 3.26. The largest absolute Gasteiger partial charge is 0.352 e. The quantitative estimate of drug-likeness (QED) is 0.367. The van der Waals surface area contributed by atoms with E-state index in [1.165, 1.54) is 30.3 Å². The minimum absolute atomic E-state index is 0.00743. The number of rotatable bonds is 7. The minimum Gasteiger partial charge on any atom is -0.352 e. The molecule has 2 heterocycles. The van der Waals surface area contributed by atoms with Gasteiger partial charge in [-0.2, -0.15) is 5.26 Å². The number of halogens is 5. The van der Waals surface area contributed by atoms with Crippen LogP contribution in [0.3, 0.4) is 0 Å². The molecule has 5 rings (SSSR count). The number of anilines is 2. The number of pyridine rings is 1. The normalized spacial score (nSPS) is 20.4. The maximum absolute atomic E-state index is 15.6. The molecule has 3 amide bonds. The number of alkyl halides is 2. The molecule has 216 valence electrons. The molecule has 3 aromatic rings. The predicted octanol–water partition coefficient (Wildman–Crippen LogP) is 5.09. The van der Waals surface area contributed by atoms with Crippen LogP contribution < -0.4 is 15.5 Å². The first-order valence-electron chi connectivity index (χ1n) is 12.8. The second-order valence-electron chi connectivity index (χ2n) is 10.2. The third-order valence-electron chi connectivity index (χ3n) is 7.44. The maximum atomic E-state index is 15.6. The zero-order valence-electron chi connectivity index (χ0n) is 21.7. The fourth-order valence-electron chi connectivity index (χ4n) is 5.52. The number of nitrogens with one attached hydrogen (secondary N) is 2. The van der Waals surface area contributed by atoms with Crippen LogP contribution >= 0.6 is 11.6 Å². The average molecular weight is 600 g/mol. The Hall–Kier alpha value is -4.50. The SMILES string of the molecule is N#Cc1ccnc(N2C(=O)CCC2(C(=O)Nc2cccc(F)c2)[C@@H](C(=O)NC2CC(F)(F)C2)c2ccccc2Cl)c1F. The van der Waals surface area contributed by atoms with Crippen molar-refractivity contribution < 1.29 is 31.9 Å². The van der Waals surface area contributed by atoms with Gasteiger partial charge in [0, 0.05) is 42.2 Å². The second kappa shape index (κ2) is 11.1. The van der Waals surface area contributed by atoms with E-state index in [9.17, 15) is 32.8 Å². The van der Waals surface area contributed by atoms with Crippen LogP contribution in [0.4, 0.5) is 29.1 Å². The molecule has 0 spiro atoms. The zero-order chi connectivity index (χ0) is 30.2. The third kappa shape index (κ3) is 5.16. The number of hydrogen-bond acceptors (Lipinski definition) is 5. The van der Waals surface area contributed by atoms with Crippen molar-refractivity contribution in [2.75, 3.05) is 10.2 Å². The Bertz CT molecular complexity index is 1620. The lowest BCUT2D eigenvalue weighted by Crippen LogP contribution is -2.63. The van der Waals surface area contributed by atoms with E-state index in [4.69, 9.17) is 11.6 Å². The van der Waals surface area contributed by atoms with E-state index in [0.717, 1.165) is 29.3 Å².